The van der Waals surface area contributed by atoms with Crippen LogP contribution in [-0.4, -0.2) is 20.3 Å². The molecular weight excluding hydrogens is 176 g/mol. The van der Waals surface area contributed by atoms with Crippen molar-refractivity contribution < 1.29 is 5.11 Å². The van der Waals surface area contributed by atoms with Gasteiger partial charge in [-0.15, -0.1) is 0 Å². The monoisotopic (exact) mass is 196 g/mol. The molecule has 0 amide bonds. The summed E-state index contributed by atoms with van der Waals surface area (Å²) in [4.78, 5) is 4.21. The van der Waals surface area contributed by atoms with E-state index in [4.69, 9.17) is 0 Å². The topological polar surface area (TPSA) is 38.0 Å². The lowest BCUT2D eigenvalue weighted by molar-refractivity contribution is -0.00317. The molecule has 1 unspecified atom stereocenters. The minimum atomic E-state index is -0.669. The van der Waals surface area contributed by atoms with Crippen LogP contribution >= 0.6 is 0 Å². The molecule has 0 bridgehead atoms. The lowest BCUT2D eigenvalue weighted by Gasteiger charge is -2.28. The molecule has 14 heavy (non-hydrogen) atoms. The third kappa shape index (κ3) is 2.15. The highest BCUT2D eigenvalue weighted by Crippen LogP contribution is 2.19. The SMILES string of the molecule is Cc1ncn(CC(C)(O)C(C)C)c1C. The molecule has 1 heterocycles. The van der Waals surface area contributed by atoms with E-state index in [0.717, 1.165) is 11.4 Å². The first-order valence-corrected chi connectivity index (χ1v) is 5.05. The van der Waals surface area contributed by atoms with Gasteiger partial charge < -0.3 is 9.67 Å². The van der Waals surface area contributed by atoms with Crippen molar-refractivity contribution in [1.82, 2.24) is 9.55 Å². The summed E-state index contributed by atoms with van der Waals surface area (Å²) in [5, 5.41) is 10.1. The highest BCUT2D eigenvalue weighted by Gasteiger charge is 2.25. The van der Waals surface area contributed by atoms with Crippen LogP contribution in [0.3, 0.4) is 0 Å². The second-order valence-corrected chi connectivity index (χ2v) is 4.56. The molecule has 3 heteroatoms. The van der Waals surface area contributed by atoms with Crippen molar-refractivity contribution in [2.24, 2.45) is 5.92 Å². The Morgan fingerprint density at radius 3 is 2.43 bits per heavy atom. The largest absolute Gasteiger partial charge is 0.388 e. The first kappa shape index (κ1) is 11.2. The number of imidazole rings is 1. The Morgan fingerprint density at radius 1 is 1.50 bits per heavy atom. The van der Waals surface area contributed by atoms with Crippen molar-refractivity contribution in [3.8, 4) is 0 Å². The molecule has 1 rings (SSSR count). The smallest absolute Gasteiger partial charge is 0.0952 e. The van der Waals surface area contributed by atoms with Crippen LogP contribution < -0.4 is 0 Å². The van der Waals surface area contributed by atoms with Gasteiger partial charge in [0.05, 0.1) is 24.2 Å². The quantitative estimate of drug-likeness (QED) is 0.802. The van der Waals surface area contributed by atoms with E-state index in [2.05, 4.69) is 4.98 Å². The highest BCUT2D eigenvalue weighted by molar-refractivity contribution is 5.09. The van der Waals surface area contributed by atoms with Gasteiger partial charge in [-0.2, -0.15) is 0 Å². The van der Waals surface area contributed by atoms with Gasteiger partial charge >= 0.3 is 0 Å². The maximum Gasteiger partial charge on any atom is 0.0952 e. The number of hydrogen-bond donors (Lipinski definition) is 1. The lowest BCUT2D eigenvalue weighted by Crippen LogP contribution is -2.36. The van der Waals surface area contributed by atoms with Crippen LogP contribution in [0, 0.1) is 19.8 Å². The second-order valence-electron chi connectivity index (χ2n) is 4.56. The van der Waals surface area contributed by atoms with Gasteiger partial charge in [0, 0.05) is 5.69 Å². The molecule has 0 saturated heterocycles. The average molecular weight is 196 g/mol. The van der Waals surface area contributed by atoms with Gasteiger partial charge in [0.2, 0.25) is 0 Å². The Balaban J connectivity index is 2.84. The summed E-state index contributed by atoms with van der Waals surface area (Å²) < 4.78 is 2.01. The number of hydrogen-bond acceptors (Lipinski definition) is 2. The number of aromatic nitrogens is 2. The van der Waals surface area contributed by atoms with E-state index < -0.39 is 5.60 Å². The molecule has 0 aliphatic rings. The Bertz CT molecular complexity index is 313. The number of nitrogens with zero attached hydrogens (tertiary/aromatic N) is 2. The van der Waals surface area contributed by atoms with E-state index in [1.54, 1.807) is 6.33 Å². The summed E-state index contributed by atoms with van der Waals surface area (Å²) >= 11 is 0. The van der Waals surface area contributed by atoms with E-state index in [0.29, 0.717) is 6.54 Å². The summed E-state index contributed by atoms with van der Waals surface area (Å²) in [6, 6.07) is 0. The van der Waals surface area contributed by atoms with E-state index in [1.807, 2.05) is 39.2 Å². The van der Waals surface area contributed by atoms with Crippen molar-refractivity contribution in [2.75, 3.05) is 0 Å². The molecule has 1 aromatic rings. The maximum absolute atomic E-state index is 10.1. The number of aryl methyl sites for hydroxylation is 1. The standard InChI is InChI=1S/C11H20N2O/c1-8(2)11(5,14)6-13-7-12-9(3)10(13)4/h7-8,14H,6H2,1-5H3. The van der Waals surface area contributed by atoms with Crippen LogP contribution in [-0.2, 0) is 6.54 Å². The van der Waals surface area contributed by atoms with Crippen LogP contribution in [0.15, 0.2) is 6.33 Å². The summed E-state index contributed by atoms with van der Waals surface area (Å²) in [5.74, 6) is 0.240. The fraction of sp³-hybridized carbons (Fsp3) is 0.727. The zero-order valence-electron chi connectivity index (χ0n) is 9.70. The molecule has 80 valence electrons. The predicted molar refractivity (Wildman–Crippen MR) is 57.2 cm³/mol. The number of rotatable bonds is 3. The third-order valence-electron chi connectivity index (χ3n) is 3.08. The molecule has 1 N–H and O–H groups in total. The zero-order chi connectivity index (χ0) is 10.9. The molecule has 1 atom stereocenters. The van der Waals surface area contributed by atoms with Gasteiger partial charge in [-0.3, -0.25) is 0 Å². The number of aliphatic hydroxyl groups is 1. The summed E-state index contributed by atoms with van der Waals surface area (Å²) in [6.07, 6.45) is 1.79. The van der Waals surface area contributed by atoms with Gasteiger partial charge in [0.15, 0.2) is 0 Å². The van der Waals surface area contributed by atoms with Gasteiger partial charge in [0.25, 0.3) is 0 Å². The lowest BCUT2D eigenvalue weighted by atomic mass is 9.92. The fourth-order valence-electron chi connectivity index (χ4n) is 1.23. The van der Waals surface area contributed by atoms with Crippen LogP contribution in [0.1, 0.15) is 32.2 Å². The summed E-state index contributed by atoms with van der Waals surface area (Å²) in [7, 11) is 0. The Kier molecular flexibility index (Phi) is 3.00. The van der Waals surface area contributed by atoms with Crippen LogP contribution in [0.4, 0.5) is 0 Å². The summed E-state index contributed by atoms with van der Waals surface area (Å²) in [5.41, 5.74) is 1.49. The molecule has 0 aromatic carbocycles. The summed E-state index contributed by atoms with van der Waals surface area (Å²) in [6.45, 7) is 10.5. The Labute approximate surface area is 85.8 Å². The van der Waals surface area contributed by atoms with Gasteiger partial charge in [-0.1, -0.05) is 13.8 Å². The minimum absolute atomic E-state index is 0.240. The molecule has 0 saturated carbocycles. The molecule has 0 radical (unpaired) electrons. The van der Waals surface area contributed by atoms with Crippen molar-refractivity contribution in [1.29, 1.82) is 0 Å². The molecule has 3 nitrogen and oxygen atoms in total. The predicted octanol–water partition coefficient (Wildman–Crippen LogP) is 1.91. The maximum atomic E-state index is 10.1. The first-order chi connectivity index (χ1) is 6.34. The average Bonchev–Trinajstić information content (AvgIpc) is 2.35. The molecule has 0 aliphatic heterocycles. The Morgan fingerprint density at radius 2 is 2.07 bits per heavy atom. The van der Waals surface area contributed by atoms with Crippen molar-refractivity contribution in [2.45, 2.75) is 46.8 Å². The second kappa shape index (κ2) is 3.73. The highest BCUT2D eigenvalue weighted by atomic mass is 16.3. The normalized spacial score (nSPS) is 15.9. The van der Waals surface area contributed by atoms with Gasteiger partial charge in [-0.05, 0) is 26.7 Å². The van der Waals surface area contributed by atoms with E-state index in [1.165, 1.54) is 0 Å². The molecule has 0 fully saturated rings. The minimum Gasteiger partial charge on any atom is -0.388 e. The Hall–Kier alpha value is -0.830. The van der Waals surface area contributed by atoms with Crippen molar-refractivity contribution >= 4 is 0 Å². The fourth-order valence-corrected chi connectivity index (χ4v) is 1.23. The molecular formula is C11H20N2O. The first-order valence-electron chi connectivity index (χ1n) is 5.05. The van der Waals surface area contributed by atoms with E-state index in [9.17, 15) is 5.11 Å². The van der Waals surface area contributed by atoms with Gasteiger partial charge in [0.1, 0.15) is 0 Å². The van der Waals surface area contributed by atoms with E-state index in [-0.39, 0.29) is 5.92 Å². The molecule has 0 aliphatic carbocycles. The molecule has 1 aromatic heterocycles. The van der Waals surface area contributed by atoms with Crippen LogP contribution in [0.2, 0.25) is 0 Å². The zero-order valence-corrected chi connectivity index (χ0v) is 9.70. The third-order valence-corrected chi connectivity index (χ3v) is 3.08. The van der Waals surface area contributed by atoms with Crippen molar-refractivity contribution in [3.05, 3.63) is 17.7 Å². The van der Waals surface area contributed by atoms with Gasteiger partial charge in [-0.25, -0.2) is 4.98 Å². The van der Waals surface area contributed by atoms with Crippen molar-refractivity contribution in [3.63, 3.8) is 0 Å². The van der Waals surface area contributed by atoms with Crippen LogP contribution in [0.5, 0.6) is 0 Å². The molecule has 0 spiro atoms. The van der Waals surface area contributed by atoms with Crippen LogP contribution in [0.25, 0.3) is 0 Å². The van der Waals surface area contributed by atoms with E-state index >= 15 is 0 Å².